The second kappa shape index (κ2) is 6.22. The summed E-state index contributed by atoms with van der Waals surface area (Å²) in [6, 6.07) is 4.09. The molecular formula is C15H15ClO5S. The minimum absolute atomic E-state index is 0.00255. The zero-order valence-corrected chi connectivity index (χ0v) is 13.8. The number of halogens is 1. The molecule has 0 radical (unpaired) electrons. The number of rotatable bonds is 3. The van der Waals surface area contributed by atoms with Gasteiger partial charge in [-0.1, -0.05) is 11.6 Å². The van der Waals surface area contributed by atoms with Crippen molar-refractivity contribution in [3.05, 3.63) is 34.4 Å². The number of hydrogen-bond donors (Lipinski definition) is 0. The molecule has 2 rings (SSSR count). The second-order valence-electron chi connectivity index (χ2n) is 5.02. The lowest BCUT2D eigenvalue weighted by Gasteiger charge is -2.17. The summed E-state index contributed by atoms with van der Waals surface area (Å²) in [5, 5.41) is 0.110. The molecule has 0 heterocycles. The highest BCUT2D eigenvalue weighted by atomic mass is 35.5. The van der Waals surface area contributed by atoms with Crippen molar-refractivity contribution in [3.8, 4) is 0 Å². The number of ether oxygens (including phenoxy) is 1. The zero-order chi connectivity index (χ0) is 16.5. The van der Waals surface area contributed by atoms with E-state index in [1.807, 2.05) is 0 Å². The third kappa shape index (κ3) is 3.23. The van der Waals surface area contributed by atoms with Gasteiger partial charge in [-0.05, 0) is 24.6 Å². The van der Waals surface area contributed by atoms with Crippen molar-refractivity contribution in [2.75, 3.05) is 13.4 Å². The molecule has 118 valence electrons. The van der Waals surface area contributed by atoms with Crippen LogP contribution in [0.2, 0.25) is 5.02 Å². The summed E-state index contributed by atoms with van der Waals surface area (Å²) >= 11 is 6.12. The molecule has 0 atom stereocenters. The largest absolute Gasteiger partial charge is 0.495 e. The molecule has 0 spiro atoms. The van der Waals surface area contributed by atoms with Crippen LogP contribution >= 0.6 is 11.6 Å². The molecule has 0 aromatic heterocycles. The van der Waals surface area contributed by atoms with Crippen molar-refractivity contribution in [1.29, 1.82) is 0 Å². The Kier molecular flexibility index (Phi) is 4.72. The standard InChI is InChI=1S/C15H15ClO5S/c1-21-15(14-12(17)4-3-5-13(14)18)10-7-6-9(8-11(10)16)22(2,19)20/h6-8H,3-5H2,1-2H3. The van der Waals surface area contributed by atoms with E-state index in [9.17, 15) is 18.0 Å². The van der Waals surface area contributed by atoms with Gasteiger partial charge in [0.2, 0.25) is 0 Å². The van der Waals surface area contributed by atoms with E-state index >= 15 is 0 Å². The number of allylic oxidation sites excluding steroid dienone is 1. The van der Waals surface area contributed by atoms with Gasteiger partial charge >= 0.3 is 0 Å². The van der Waals surface area contributed by atoms with E-state index in [1.165, 1.54) is 25.3 Å². The second-order valence-corrected chi connectivity index (χ2v) is 7.44. The van der Waals surface area contributed by atoms with Crippen LogP contribution in [0.1, 0.15) is 24.8 Å². The highest BCUT2D eigenvalue weighted by Gasteiger charge is 2.29. The molecule has 1 aliphatic rings. The molecule has 1 fully saturated rings. The van der Waals surface area contributed by atoms with Gasteiger partial charge in [-0.25, -0.2) is 8.42 Å². The van der Waals surface area contributed by atoms with Crippen molar-refractivity contribution >= 4 is 38.8 Å². The van der Waals surface area contributed by atoms with E-state index in [4.69, 9.17) is 16.3 Å². The van der Waals surface area contributed by atoms with Gasteiger partial charge in [0.05, 0.1) is 17.0 Å². The fourth-order valence-corrected chi connectivity index (χ4v) is 3.30. The third-order valence-corrected chi connectivity index (χ3v) is 4.83. The average molecular weight is 343 g/mol. The molecule has 5 nitrogen and oxygen atoms in total. The summed E-state index contributed by atoms with van der Waals surface area (Å²) in [6.07, 6.45) is 2.17. The average Bonchev–Trinajstić information content (AvgIpc) is 2.42. The maximum atomic E-state index is 12.0. The van der Waals surface area contributed by atoms with Crippen molar-refractivity contribution < 1.29 is 22.7 Å². The SMILES string of the molecule is COC(=C1C(=O)CCCC1=O)c1ccc(S(C)(=O)=O)cc1Cl. The van der Waals surface area contributed by atoms with Crippen LogP contribution in [0.4, 0.5) is 0 Å². The Bertz CT molecular complexity index is 759. The van der Waals surface area contributed by atoms with Gasteiger partial charge in [0.15, 0.2) is 21.4 Å². The van der Waals surface area contributed by atoms with Crippen LogP contribution in [0.25, 0.3) is 5.76 Å². The first-order valence-electron chi connectivity index (χ1n) is 6.60. The molecule has 1 saturated carbocycles. The number of methoxy groups -OCH3 is 1. The fourth-order valence-electron chi connectivity index (χ4n) is 2.33. The van der Waals surface area contributed by atoms with Gasteiger partial charge < -0.3 is 4.74 Å². The van der Waals surface area contributed by atoms with Gasteiger partial charge in [-0.2, -0.15) is 0 Å². The van der Waals surface area contributed by atoms with Crippen molar-refractivity contribution in [2.45, 2.75) is 24.2 Å². The Balaban J connectivity index is 2.62. The molecule has 0 bridgehead atoms. The normalized spacial score (nSPS) is 15.9. The highest BCUT2D eigenvalue weighted by Crippen LogP contribution is 2.32. The number of hydrogen-bond acceptors (Lipinski definition) is 5. The van der Waals surface area contributed by atoms with E-state index in [0.29, 0.717) is 12.0 Å². The van der Waals surface area contributed by atoms with Crippen molar-refractivity contribution in [2.24, 2.45) is 0 Å². The van der Waals surface area contributed by atoms with Crippen LogP contribution in [-0.4, -0.2) is 33.3 Å². The smallest absolute Gasteiger partial charge is 0.175 e. The first-order valence-corrected chi connectivity index (χ1v) is 8.87. The predicted molar refractivity (Wildman–Crippen MR) is 82.4 cm³/mol. The van der Waals surface area contributed by atoms with Gasteiger partial charge in [0.1, 0.15) is 11.3 Å². The minimum atomic E-state index is -3.40. The molecule has 1 aromatic carbocycles. The van der Waals surface area contributed by atoms with Crippen LogP contribution < -0.4 is 0 Å². The van der Waals surface area contributed by atoms with E-state index in [1.54, 1.807) is 0 Å². The Hall–Kier alpha value is -1.66. The maximum absolute atomic E-state index is 12.0. The van der Waals surface area contributed by atoms with Crippen LogP contribution in [0, 0.1) is 0 Å². The Morgan fingerprint density at radius 3 is 2.23 bits per heavy atom. The number of carbonyl (C=O) groups is 2. The highest BCUT2D eigenvalue weighted by molar-refractivity contribution is 7.90. The summed E-state index contributed by atoms with van der Waals surface area (Å²) in [5.74, 6) is -0.465. The van der Waals surface area contributed by atoms with Crippen LogP contribution in [0.5, 0.6) is 0 Å². The van der Waals surface area contributed by atoms with E-state index < -0.39 is 9.84 Å². The summed E-state index contributed by atoms with van der Waals surface area (Å²) in [6.45, 7) is 0. The van der Waals surface area contributed by atoms with Crippen molar-refractivity contribution in [3.63, 3.8) is 0 Å². The van der Waals surface area contributed by atoms with Gasteiger partial charge in [-0.3, -0.25) is 9.59 Å². The molecule has 0 aliphatic heterocycles. The first kappa shape index (κ1) is 16.7. The lowest BCUT2D eigenvalue weighted by molar-refractivity contribution is -0.123. The molecule has 7 heteroatoms. The lowest BCUT2D eigenvalue weighted by atomic mass is 9.90. The number of sulfone groups is 1. The topological polar surface area (TPSA) is 77.5 Å². The van der Waals surface area contributed by atoms with E-state index in [0.717, 1.165) is 6.26 Å². The predicted octanol–water partition coefficient (Wildman–Crippen LogP) is 2.42. The summed E-state index contributed by atoms with van der Waals surface area (Å²) in [4.78, 5) is 24.1. The molecular weight excluding hydrogens is 328 g/mol. The maximum Gasteiger partial charge on any atom is 0.175 e. The van der Waals surface area contributed by atoms with Crippen molar-refractivity contribution in [1.82, 2.24) is 0 Å². The Morgan fingerprint density at radius 1 is 1.18 bits per heavy atom. The van der Waals surface area contributed by atoms with Gasteiger partial charge in [-0.15, -0.1) is 0 Å². The van der Waals surface area contributed by atoms with E-state index in [-0.39, 0.29) is 45.7 Å². The van der Waals surface area contributed by atoms with Crippen LogP contribution in [-0.2, 0) is 24.2 Å². The number of carbonyl (C=O) groups excluding carboxylic acids is 2. The monoisotopic (exact) mass is 342 g/mol. The molecule has 0 amide bonds. The molecule has 22 heavy (non-hydrogen) atoms. The number of Topliss-reactive ketones (excluding diaryl/α,β-unsaturated/α-hetero) is 2. The summed E-state index contributed by atoms with van der Waals surface area (Å²) in [7, 11) is -2.05. The van der Waals surface area contributed by atoms with Crippen LogP contribution in [0.15, 0.2) is 28.7 Å². The summed E-state index contributed by atoms with van der Waals surface area (Å²) in [5.41, 5.74) is 0.331. The Morgan fingerprint density at radius 2 is 1.77 bits per heavy atom. The molecule has 1 aliphatic carbocycles. The summed E-state index contributed by atoms with van der Waals surface area (Å²) < 4.78 is 28.3. The van der Waals surface area contributed by atoms with Crippen LogP contribution in [0.3, 0.4) is 0 Å². The fraction of sp³-hybridized carbons (Fsp3) is 0.333. The molecule has 0 saturated heterocycles. The van der Waals surface area contributed by atoms with Gasteiger partial charge in [0.25, 0.3) is 0 Å². The molecule has 1 aromatic rings. The van der Waals surface area contributed by atoms with E-state index in [2.05, 4.69) is 0 Å². The molecule has 0 unspecified atom stereocenters. The third-order valence-electron chi connectivity index (χ3n) is 3.41. The number of benzene rings is 1. The molecule has 0 N–H and O–H groups in total. The lowest BCUT2D eigenvalue weighted by Crippen LogP contribution is -2.21. The first-order chi connectivity index (χ1) is 10.3. The van der Waals surface area contributed by atoms with Gasteiger partial charge in [0, 0.05) is 24.7 Å². The quantitative estimate of drug-likeness (QED) is 0.479. The zero-order valence-electron chi connectivity index (χ0n) is 12.2. The number of ketones is 2. The minimum Gasteiger partial charge on any atom is -0.495 e. The Labute approximate surface area is 133 Å².